The fraction of sp³-hybridized carbons (Fsp3) is 0. The molecule has 1 aromatic rings. The van der Waals surface area contributed by atoms with Crippen LogP contribution < -0.4 is 0 Å². The van der Waals surface area contributed by atoms with E-state index >= 15 is 0 Å². The van der Waals surface area contributed by atoms with Crippen molar-refractivity contribution in [2.75, 3.05) is 0 Å². The minimum atomic E-state index is -1.26. The van der Waals surface area contributed by atoms with Crippen molar-refractivity contribution < 1.29 is 14.7 Å². The molecule has 0 saturated carbocycles. The Labute approximate surface area is 74.0 Å². The molecule has 0 aromatic heterocycles. The number of hydrogen-bond acceptors (Lipinski definition) is 3. The maximum atomic E-state index is 10.7. The molecule has 0 unspecified atom stereocenters. The van der Waals surface area contributed by atoms with E-state index in [0.717, 1.165) is 0 Å². The highest BCUT2D eigenvalue weighted by Crippen LogP contribution is 2.12. The summed E-state index contributed by atoms with van der Waals surface area (Å²) in [6.45, 7) is 0. The van der Waals surface area contributed by atoms with Gasteiger partial charge in [0.05, 0.1) is 11.1 Å². The van der Waals surface area contributed by atoms with Crippen molar-refractivity contribution in [3.05, 3.63) is 34.9 Å². The number of benzene rings is 1. The third-order valence-electron chi connectivity index (χ3n) is 1.56. The molecule has 0 aliphatic rings. The standard InChI is InChI=1S/C9H5NO3/c10-4-6-2-1-3-7(5-11)8(6)9(12)13/h1-3,5H,(H,12,13). The Balaban J connectivity index is 3.49. The Kier molecular flexibility index (Phi) is 2.41. The van der Waals surface area contributed by atoms with Crippen molar-refractivity contribution in [1.29, 1.82) is 5.26 Å². The predicted molar refractivity (Wildman–Crippen MR) is 43.5 cm³/mol. The number of nitriles is 1. The molecule has 0 spiro atoms. The normalized spacial score (nSPS) is 8.85. The third-order valence-corrected chi connectivity index (χ3v) is 1.56. The molecular formula is C9H5NO3. The molecule has 0 aliphatic heterocycles. The molecule has 0 radical (unpaired) electrons. The lowest BCUT2D eigenvalue weighted by atomic mass is 10.0. The van der Waals surface area contributed by atoms with Crippen molar-refractivity contribution in [3.8, 4) is 6.07 Å². The van der Waals surface area contributed by atoms with Crippen molar-refractivity contribution >= 4 is 12.3 Å². The minimum absolute atomic E-state index is 0.00269. The first-order valence-electron chi connectivity index (χ1n) is 3.42. The topological polar surface area (TPSA) is 78.2 Å². The number of hydrogen-bond donors (Lipinski definition) is 1. The van der Waals surface area contributed by atoms with Gasteiger partial charge in [0.25, 0.3) is 0 Å². The van der Waals surface area contributed by atoms with Crippen molar-refractivity contribution in [2.24, 2.45) is 0 Å². The molecule has 64 valence electrons. The average Bonchev–Trinajstić information content (AvgIpc) is 2.16. The largest absolute Gasteiger partial charge is 0.478 e. The molecule has 0 fully saturated rings. The second kappa shape index (κ2) is 3.50. The van der Waals surface area contributed by atoms with Crippen molar-refractivity contribution in [2.45, 2.75) is 0 Å². The summed E-state index contributed by atoms with van der Waals surface area (Å²) in [5.74, 6) is -1.26. The number of rotatable bonds is 2. The van der Waals surface area contributed by atoms with Crippen LogP contribution in [0.3, 0.4) is 0 Å². The maximum absolute atomic E-state index is 10.7. The maximum Gasteiger partial charge on any atom is 0.337 e. The van der Waals surface area contributed by atoms with Crippen LogP contribution in [0.4, 0.5) is 0 Å². The Hall–Kier alpha value is -2.15. The fourth-order valence-corrected chi connectivity index (χ4v) is 1.00. The van der Waals surface area contributed by atoms with Gasteiger partial charge < -0.3 is 5.11 Å². The van der Waals surface area contributed by atoms with E-state index in [-0.39, 0.29) is 16.7 Å². The number of nitrogens with zero attached hydrogens (tertiary/aromatic N) is 1. The summed E-state index contributed by atoms with van der Waals surface area (Å²) in [5.41, 5.74) is -0.219. The first-order valence-corrected chi connectivity index (χ1v) is 3.42. The fourth-order valence-electron chi connectivity index (χ4n) is 1.00. The second-order valence-corrected chi connectivity index (χ2v) is 2.30. The molecule has 4 nitrogen and oxygen atoms in total. The van der Waals surface area contributed by atoms with Crippen LogP contribution in [0.15, 0.2) is 18.2 Å². The Bertz CT molecular complexity index is 404. The summed E-state index contributed by atoms with van der Waals surface area (Å²) in [6, 6.07) is 5.89. The van der Waals surface area contributed by atoms with Gasteiger partial charge in [0.2, 0.25) is 0 Å². The van der Waals surface area contributed by atoms with E-state index in [1.54, 1.807) is 6.07 Å². The van der Waals surface area contributed by atoms with Gasteiger partial charge in [0, 0.05) is 5.56 Å². The lowest BCUT2D eigenvalue weighted by molar-refractivity contribution is 0.0693. The first kappa shape index (κ1) is 8.94. The highest BCUT2D eigenvalue weighted by atomic mass is 16.4. The lowest BCUT2D eigenvalue weighted by Crippen LogP contribution is -2.04. The van der Waals surface area contributed by atoms with E-state index in [1.807, 2.05) is 0 Å². The molecule has 0 amide bonds. The van der Waals surface area contributed by atoms with Crippen molar-refractivity contribution in [3.63, 3.8) is 0 Å². The highest BCUT2D eigenvalue weighted by molar-refractivity contribution is 5.99. The van der Waals surface area contributed by atoms with E-state index < -0.39 is 5.97 Å². The molecule has 1 rings (SSSR count). The Morgan fingerprint density at radius 1 is 1.54 bits per heavy atom. The Morgan fingerprint density at radius 3 is 2.69 bits per heavy atom. The lowest BCUT2D eigenvalue weighted by Gasteiger charge is -1.99. The molecular weight excluding hydrogens is 170 g/mol. The van der Waals surface area contributed by atoms with E-state index in [9.17, 15) is 9.59 Å². The molecule has 0 aliphatic carbocycles. The number of carbonyl (C=O) groups excluding carboxylic acids is 1. The van der Waals surface area contributed by atoms with E-state index in [2.05, 4.69) is 0 Å². The molecule has 13 heavy (non-hydrogen) atoms. The summed E-state index contributed by atoms with van der Waals surface area (Å²) >= 11 is 0. The summed E-state index contributed by atoms with van der Waals surface area (Å²) in [6.07, 6.45) is 0.421. The Morgan fingerprint density at radius 2 is 2.23 bits per heavy atom. The second-order valence-electron chi connectivity index (χ2n) is 2.30. The highest BCUT2D eigenvalue weighted by Gasteiger charge is 2.13. The van der Waals surface area contributed by atoms with Gasteiger partial charge in [0.15, 0.2) is 6.29 Å². The monoisotopic (exact) mass is 175 g/mol. The molecule has 1 N–H and O–H groups in total. The summed E-state index contributed by atoms with van der Waals surface area (Å²) in [5, 5.41) is 17.3. The van der Waals surface area contributed by atoms with E-state index in [4.69, 9.17) is 10.4 Å². The van der Waals surface area contributed by atoms with Crippen LogP contribution in [0.25, 0.3) is 0 Å². The zero-order valence-electron chi connectivity index (χ0n) is 6.52. The molecule has 0 bridgehead atoms. The van der Waals surface area contributed by atoms with Gasteiger partial charge in [-0.3, -0.25) is 4.79 Å². The smallest absolute Gasteiger partial charge is 0.337 e. The summed E-state index contributed by atoms with van der Waals surface area (Å²) < 4.78 is 0. The van der Waals surface area contributed by atoms with E-state index in [0.29, 0.717) is 6.29 Å². The van der Waals surface area contributed by atoms with Crippen LogP contribution in [0.1, 0.15) is 26.3 Å². The SMILES string of the molecule is N#Cc1cccc(C=O)c1C(=O)O. The van der Waals surface area contributed by atoms with Crippen LogP contribution in [0.2, 0.25) is 0 Å². The number of carboxylic acid groups (broad SMARTS) is 1. The quantitative estimate of drug-likeness (QED) is 0.682. The van der Waals surface area contributed by atoms with Gasteiger partial charge >= 0.3 is 5.97 Å². The molecule has 0 saturated heterocycles. The zero-order valence-corrected chi connectivity index (χ0v) is 6.52. The van der Waals surface area contributed by atoms with Crippen LogP contribution in [-0.2, 0) is 0 Å². The van der Waals surface area contributed by atoms with Crippen molar-refractivity contribution in [1.82, 2.24) is 0 Å². The molecule has 1 aromatic carbocycles. The predicted octanol–water partition coefficient (Wildman–Crippen LogP) is 1.07. The van der Waals surface area contributed by atoms with Gasteiger partial charge in [-0.25, -0.2) is 4.79 Å². The average molecular weight is 175 g/mol. The van der Waals surface area contributed by atoms with E-state index in [1.165, 1.54) is 18.2 Å². The van der Waals surface area contributed by atoms with Crippen LogP contribution in [0, 0.1) is 11.3 Å². The number of carbonyl (C=O) groups is 2. The number of carboxylic acids is 1. The summed E-state index contributed by atoms with van der Waals surface area (Å²) in [4.78, 5) is 21.1. The van der Waals surface area contributed by atoms with Gasteiger partial charge in [-0.2, -0.15) is 5.26 Å². The van der Waals surface area contributed by atoms with Crippen LogP contribution >= 0.6 is 0 Å². The molecule has 4 heteroatoms. The van der Waals surface area contributed by atoms with Crippen LogP contribution in [0.5, 0.6) is 0 Å². The summed E-state index contributed by atoms with van der Waals surface area (Å²) in [7, 11) is 0. The first-order chi connectivity index (χ1) is 6.20. The third kappa shape index (κ3) is 1.54. The minimum Gasteiger partial charge on any atom is -0.478 e. The number of aromatic carboxylic acids is 1. The molecule has 0 atom stereocenters. The van der Waals surface area contributed by atoms with Gasteiger partial charge in [-0.15, -0.1) is 0 Å². The number of aldehydes is 1. The zero-order chi connectivity index (χ0) is 9.84. The van der Waals surface area contributed by atoms with Gasteiger partial charge in [-0.05, 0) is 6.07 Å². The molecule has 0 heterocycles. The van der Waals surface area contributed by atoms with Gasteiger partial charge in [-0.1, -0.05) is 12.1 Å². The van der Waals surface area contributed by atoms with Gasteiger partial charge in [0.1, 0.15) is 6.07 Å². The van der Waals surface area contributed by atoms with Crippen LogP contribution in [-0.4, -0.2) is 17.4 Å².